The van der Waals surface area contributed by atoms with Gasteiger partial charge in [-0.15, -0.1) is 0 Å². The van der Waals surface area contributed by atoms with E-state index in [0.29, 0.717) is 0 Å². The number of hydrogen-bond acceptors (Lipinski definition) is 3. The molecule has 0 unspecified atom stereocenters. The van der Waals surface area contributed by atoms with E-state index in [1.54, 1.807) is 0 Å². The summed E-state index contributed by atoms with van der Waals surface area (Å²) in [5.74, 6) is 0.651. The molecule has 98 valence electrons. The average Bonchev–Trinajstić information content (AvgIpc) is 2.39. The second-order valence-electron chi connectivity index (χ2n) is 4.20. The highest BCUT2D eigenvalue weighted by atomic mass is 127. The zero-order valence-corrected chi connectivity index (χ0v) is 12.2. The van der Waals surface area contributed by atoms with E-state index in [0.717, 1.165) is 35.4 Å². The molecule has 1 heterocycles. The van der Waals surface area contributed by atoms with Crippen LogP contribution in [0.1, 0.15) is 12.8 Å². The molecule has 0 spiro atoms. The first kappa shape index (κ1) is 13.6. The van der Waals surface area contributed by atoms with Crippen molar-refractivity contribution >= 4 is 28.5 Å². The number of hydrogen-bond donors (Lipinski definition) is 1. The van der Waals surface area contributed by atoms with Crippen LogP contribution in [-0.4, -0.2) is 31.8 Å². The van der Waals surface area contributed by atoms with Crippen molar-refractivity contribution in [3.05, 3.63) is 27.8 Å². The van der Waals surface area contributed by atoms with Gasteiger partial charge in [0.25, 0.3) is 5.91 Å². The molecule has 1 fully saturated rings. The smallest absolute Gasteiger partial charge is 0.258 e. The Kier molecular flexibility index (Phi) is 5.25. The lowest BCUT2D eigenvalue weighted by molar-refractivity contribution is -0.124. The molecule has 0 radical (unpaired) electrons. The van der Waals surface area contributed by atoms with Crippen LogP contribution in [0.3, 0.4) is 0 Å². The predicted molar refractivity (Wildman–Crippen MR) is 76.6 cm³/mol. The number of ether oxygens (including phenoxy) is 2. The third-order valence-electron chi connectivity index (χ3n) is 2.77. The van der Waals surface area contributed by atoms with Gasteiger partial charge < -0.3 is 14.8 Å². The van der Waals surface area contributed by atoms with Gasteiger partial charge in [-0.25, -0.2) is 0 Å². The minimum Gasteiger partial charge on any atom is -0.484 e. The first-order valence-corrected chi connectivity index (χ1v) is 7.07. The Morgan fingerprint density at radius 2 is 2.00 bits per heavy atom. The van der Waals surface area contributed by atoms with Crippen molar-refractivity contribution in [3.8, 4) is 5.75 Å². The monoisotopic (exact) mass is 361 g/mol. The highest BCUT2D eigenvalue weighted by molar-refractivity contribution is 14.1. The van der Waals surface area contributed by atoms with Crippen LogP contribution in [0.5, 0.6) is 5.75 Å². The van der Waals surface area contributed by atoms with Gasteiger partial charge >= 0.3 is 0 Å². The molecule has 0 aromatic heterocycles. The van der Waals surface area contributed by atoms with Crippen molar-refractivity contribution in [2.24, 2.45) is 0 Å². The second-order valence-corrected chi connectivity index (χ2v) is 5.44. The van der Waals surface area contributed by atoms with E-state index < -0.39 is 0 Å². The van der Waals surface area contributed by atoms with Crippen LogP contribution < -0.4 is 10.1 Å². The van der Waals surface area contributed by atoms with Crippen LogP contribution in [0.15, 0.2) is 24.3 Å². The third-order valence-corrected chi connectivity index (χ3v) is 3.49. The molecule has 2 rings (SSSR count). The lowest BCUT2D eigenvalue weighted by Gasteiger charge is -2.23. The van der Waals surface area contributed by atoms with E-state index >= 15 is 0 Å². The molecule has 1 aromatic rings. The Bertz CT molecular complexity index is 388. The van der Waals surface area contributed by atoms with Gasteiger partial charge in [0.2, 0.25) is 0 Å². The summed E-state index contributed by atoms with van der Waals surface area (Å²) in [4.78, 5) is 11.7. The van der Waals surface area contributed by atoms with Crippen molar-refractivity contribution in [1.82, 2.24) is 5.32 Å². The summed E-state index contributed by atoms with van der Waals surface area (Å²) in [6.45, 7) is 1.52. The summed E-state index contributed by atoms with van der Waals surface area (Å²) in [7, 11) is 0. The zero-order valence-electron chi connectivity index (χ0n) is 10.0. The Morgan fingerprint density at radius 1 is 1.33 bits per heavy atom. The first-order chi connectivity index (χ1) is 8.74. The molecule has 1 N–H and O–H groups in total. The van der Waals surface area contributed by atoms with Crippen LogP contribution in [-0.2, 0) is 9.53 Å². The molecule has 1 aromatic carbocycles. The van der Waals surface area contributed by atoms with Gasteiger partial charge in [0, 0.05) is 22.8 Å². The molecule has 0 aliphatic carbocycles. The number of carbonyl (C=O) groups excluding carboxylic acids is 1. The topological polar surface area (TPSA) is 47.6 Å². The molecule has 0 saturated carbocycles. The number of nitrogens with one attached hydrogen (secondary N) is 1. The molecule has 5 heteroatoms. The number of halogens is 1. The van der Waals surface area contributed by atoms with E-state index in [2.05, 4.69) is 27.9 Å². The summed E-state index contributed by atoms with van der Waals surface area (Å²) >= 11 is 2.23. The standard InChI is InChI=1S/C13H16INO3/c14-10-1-3-12(4-2-10)18-9-13(16)15-11-5-7-17-8-6-11/h1-4,11H,5-9H2,(H,15,16). The third kappa shape index (κ3) is 4.45. The Morgan fingerprint density at radius 3 is 2.67 bits per heavy atom. The van der Waals surface area contributed by atoms with Gasteiger partial charge in [-0.3, -0.25) is 4.79 Å². The fraction of sp³-hybridized carbons (Fsp3) is 0.462. The van der Waals surface area contributed by atoms with E-state index in [9.17, 15) is 4.79 Å². The molecule has 1 amide bonds. The number of rotatable bonds is 4. The van der Waals surface area contributed by atoms with Crippen molar-refractivity contribution in [1.29, 1.82) is 0 Å². The van der Waals surface area contributed by atoms with Crippen molar-refractivity contribution in [2.75, 3.05) is 19.8 Å². The molecular weight excluding hydrogens is 345 g/mol. The average molecular weight is 361 g/mol. The molecule has 1 aliphatic heterocycles. The Hall–Kier alpha value is -0.820. The largest absolute Gasteiger partial charge is 0.484 e. The highest BCUT2D eigenvalue weighted by Gasteiger charge is 2.16. The molecule has 1 saturated heterocycles. The maximum absolute atomic E-state index is 11.7. The van der Waals surface area contributed by atoms with Gasteiger partial charge in [0.05, 0.1) is 0 Å². The molecule has 0 bridgehead atoms. The number of benzene rings is 1. The number of carbonyl (C=O) groups is 1. The molecular formula is C13H16INO3. The zero-order chi connectivity index (χ0) is 12.8. The molecule has 4 nitrogen and oxygen atoms in total. The van der Waals surface area contributed by atoms with Gasteiger partial charge in [-0.05, 0) is 59.7 Å². The summed E-state index contributed by atoms with van der Waals surface area (Å²) < 4.78 is 11.8. The van der Waals surface area contributed by atoms with Crippen LogP contribution in [0.2, 0.25) is 0 Å². The quantitative estimate of drug-likeness (QED) is 0.835. The SMILES string of the molecule is O=C(COc1ccc(I)cc1)NC1CCOCC1. The fourth-order valence-corrected chi connectivity index (χ4v) is 2.15. The van der Waals surface area contributed by atoms with Crippen LogP contribution >= 0.6 is 22.6 Å². The van der Waals surface area contributed by atoms with Crippen molar-refractivity contribution in [3.63, 3.8) is 0 Å². The lowest BCUT2D eigenvalue weighted by Crippen LogP contribution is -2.41. The maximum atomic E-state index is 11.7. The highest BCUT2D eigenvalue weighted by Crippen LogP contribution is 2.13. The minimum atomic E-state index is -0.0690. The van der Waals surface area contributed by atoms with Gasteiger partial charge in [0.15, 0.2) is 6.61 Å². The van der Waals surface area contributed by atoms with E-state index in [4.69, 9.17) is 9.47 Å². The van der Waals surface area contributed by atoms with Gasteiger partial charge in [0.1, 0.15) is 5.75 Å². The normalized spacial score (nSPS) is 16.3. The molecule has 0 atom stereocenters. The summed E-state index contributed by atoms with van der Waals surface area (Å²) in [5.41, 5.74) is 0. The van der Waals surface area contributed by atoms with Gasteiger partial charge in [-0.2, -0.15) is 0 Å². The molecule has 1 aliphatic rings. The van der Waals surface area contributed by atoms with Crippen LogP contribution in [0.25, 0.3) is 0 Å². The lowest BCUT2D eigenvalue weighted by atomic mass is 10.1. The van der Waals surface area contributed by atoms with E-state index in [1.807, 2.05) is 24.3 Å². The maximum Gasteiger partial charge on any atom is 0.258 e. The van der Waals surface area contributed by atoms with Crippen molar-refractivity contribution in [2.45, 2.75) is 18.9 Å². The summed E-state index contributed by atoms with van der Waals surface area (Å²) in [6.07, 6.45) is 1.77. The summed E-state index contributed by atoms with van der Waals surface area (Å²) in [5, 5.41) is 2.96. The van der Waals surface area contributed by atoms with Crippen LogP contribution in [0.4, 0.5) is 0 Å². The van der Waals surface area contributed by atoms with E-state index in [1.165, 1.54) is 0 Å². The number of amides is 1. The second kappa shape index (κ2) is 6.94. The van der Waals surface area contributed by atoms with E-state index in [-0.39, 0.29) is 18.6 Å². The minimum absolute atomic E-state index is 0.0674. The van der Waals surface area contributed by atoms with Crippen LogP contribution in [0, 0.1) is 3.57 Å². The Labute approximate surface area is 120 Å². The summed E-state index contributed by atoms with van der Waals surface area (Å²) in [6, 6.07) is 7.86. The molecule has 18 heavy (non-hydrogen) atoms. The van der Waals surface area contributed by atoms with Crippen molar-refractivity contribution < 1.29 is 14.3 Å². The Balaban J connectivity index is 1.72. The predicted octanol–water partition coefficient (Wildman–Crippen LogP) is 1.97. The fourth-order valence-electron chi connectivity index (χ4n) is 1.79. The van der Waals surface area contributed by atoms with Gasteiger partial charge in [-0.1, -0.05) is 0 Å². The first-order valence-electron chi connectivity index (χ1n) is 5.99.